The third-order valence-electron chi connectivity index (χ3n) is 2.22. The van der Waals surface area contributed by atoms with Gasteiger partial charge >= 0.3 is 0 Å². The zero-order valence-corrected chi connectivity index (χ0v) is 10.2. The Bertz CT molecular complexity index is 300. The molecule has 0 amide bonds. The van der Waals surface area contributed by atoms with Crippen molar-refractivity contribution in [2.45, 2.75) is 49.5 Å². The summed E-state index contributed by atoms with van der Waals surface area (Å²) in [6.07, 6.45) is 17.9. The minimum atomic E-state index is 0. The van der Waals surface area contributed by atoms with Crippen LogP contribution in [-0.4, -0.2) is 0 Å². The number of hydrogen-bond donors (Lipinski definition) is 0. The van der Waals surface area contributed by atoms with Crippen molar-refractivity contribution in [1.82, 2.24) is 0 Å². The Labute approximate surface area is 130 Å². The lowest BCUT2D eigenvalue weighted by atomic mass is 9.94. The van der Waals surface area contributed by atoms with E-state index < -0.39 is 0 Å². The largest absolute Gasteiger partial charge is 0.0991 e. The lowest BCUT2D eigenvalue weighted by Crippen LogP contribution is -1.97. The average Bonchev–Trinajstić information content (AvgIpc) is 2.30. The van der Waals surface area contributed by atoms with Gasteiger partial charge < -0.3 is 0 Å². The van der Waals surface area contributed by atoms with Crippen molar-refractivity contribution in [3.05, 3.63) is 73.9 Å². The fourth-order valence-corrected chi connectivity index (χ4v) is 1.37. The van der Waals surface area contributed by atoms with E-state index in [0.717, 1.165) is 18.4 Å². The second-order valence-electron chi connectivity index (χ2n) is 3.57. The third kappa shape index (κ3) is 16.4. The summed E-state index contributed by atoms with van der Waals surface area (Å²) in [5, 5.41) is 0. The van der Waals surface area contributed by atoms with E-state index >= 15 is 0 Å². The van der Waals surface area contributed by atoms with E-state index in [4.69, 9.17) is 0 Å². The first-order valence-corrected chi connectivity index (χ1v) is 5.70. The molecule has 0 aromatic carbocycles. The van der Waals surface area contributed by atoms with Gasteiger partial charge in [0.15, 0.2) is 0 Å². The predicted molar refractivity (Wildman–Crippen MR) is 102 cm³/mol. The molecule has 1 atom stereocenters. The summed E-state index contributed by atoms with van der Waals surface area (Å²) in [5.74, 6) is 0.413. The zero-order valence-electron chi connectivity index (χ0n) is 10.2. The van der Waals surface area contributed by atoms with E-state index in [1.165, 1.54) is 0 Å². The number of rotatable bonds is 8. The molecule has 0 saturated heterocycles. The normalized spacial score (nSPS) is 10.8. The van der Waals surface area contributed by atoms with Gasteiger partial charge in [0.1, 0.15) is 0 Å². The van der Waals surface area contributed by atoms with Crippen LogP contribution in [0.25, 0.3) is 0 Å². The molecule has 20 heavy (non-hydrogen) atoms. The molecule has 0 saturated carbocycles. The van der Waals surface area contributed by atoms with Crippen molar-refractivity contribution >= 4 is 0 Å². The highest BCUT2D eigenvalue weighted by atomic mass is 14.1. The summed E-state index contributed by atoms with van der Waals surface area (Å²) >= 11 is 0. The average molecular weight is 279 g/mol. The Kier molecular flexibility index (Phi) is 35.1. The molecule has 0 radical (unpaired) electrons. The van der Waals surface area contributed by atoms with Crippen LogP contribution in [0.4, 0.5) is 0 Å². The standard InChI is InChI=1S/C16H22.4CH4/c1-5-8-10-11-14-16(12-7-3)15(4)13-9-6-2;;;;/h5-6,8-11,13-14,16H,1-2,4,7,12H2,3H3;4*1H4/b10-8-,13-9-,14-11+;;;;. The van der Waals surface area contributed by atoms with Gasteiger partial charge in [-0.2, -0.15) is 0 Å². The van der Waals surface area contributed by atoms with Gasteiger partial charge in [-0.3, -0.25) is 0 Å². The van der Waals surface area contributed by atoms with Crippen LogP contribution >= 0.6 is 0 Å². The van der Waals surface area contributed by atoms with Crippen LogP contribution in [0.1, 0.15) is 49.5 Å². The van der Waals surface area contributed by atoms with Gasteiger partial charge in [0.25, 0.3) is 0 Å². The van der Waals surface area contributed by atoms with Gasteiger partial charge in [-0.25, -0.2) is 0 Å². The molecule has 0 nitrogen and oxygen atoms in total. The fraction of sp³-hybridized carbons (Fsp3) is 0.400. The van der Waals surface area contributed by atoms with Gasteiger partial charge in [0, 0.05) is 5.92 Å². The molecule has 0 heterocycles. The number of allylic oxidation sites excluding steroid dienone is 9. The van der Waals surface area contributed by atoms with Crippen molar-refractivity contribution in [3.63, 3.8) is 0 Å². The quantitative estimate of drug-likeness (QED) is 0.402. The summed E-state index contributed by atoms with van der Waals surface area (Å²) < 4.78 is 0. The Balaban J connectivity index is -0.000000187. The maximum atomic E-state index is 4.08. The van der Waals surface area contributed by atoms with Crippen molar-refractivity contribution < 1.29 is 0 Å². The van der Waals surface area contributed by atoms with Crippen molar-refractivity contribution in [1.29, 1.82) is 0 Å². The van der Waals surface area contributed by atoms with E-state index in [1.807, 2.05) is 24.3 Å². The van der Waals surface area contributed by atoms with Crippen LogP contribution in [0.5, 0.6) is 0 Å². The predicted octanol–water partition coefficient (Wildman–Crippen LogP) is 7.54. The molecule has 0 aliphatic carbocycles. The molecular formula is C20H38. The molecule has 0 aromatic heterocycles. The molecule has 0 bridgehead atoms. The third-order valence-corrected chi connectivity index (χ3v) is 2.22. The van der Waals surface area contributed by atoms with Crippen LogP contribution in [0.2, 0.25) is 0 Å². The first-order valence-electron chi connectivity index (χ1n) is 5.70. The molecule has 0 spiro atoms. The highest BCUT2D eigenvalue weighted by molar-refractivity contribution is 5.25. The van der Waals surface area contributed by atoms with Crippen molar-refractivity contribution in [2.24, 2.45) is 5.92 Å². The minimum Gasteiger partial charge on any atom is -0.0991 e. The molecular weight excluding hydrogens is 240 g/mol. The summed E-state index contributed by atoms with van der Waals surface area (Å²) in [7, 11) is 0. The van der Waals surface area contributed by atoms with Gasteiger partial charge in [-0.15, -0.1) is 0 Å². The fourth-order valence-electron chi connectivity index (χ4n) is 1.37. The Morgan fingerprint density at radius 2 is 1.45 bits per heavy atom. The molecule has 0 heteroatoms. The number of hydrogen-bond acceptors (Lipinski definition) is 0. The van der Waals surface area contributed by atoms with E-state index in [9.17, 15) is 0 Å². The molecule has 118 valence electrons. The van der Waals surface area contributed by atoms with Crippen molar-refractivity contribution in [3.8, 4) is 0 Å². The summed E-state index contributed by atoms with van der Waals surface area (Å²) in [4.78, 5) is 0. The van der Waals surface area contributed by atoms with Gasteiger partial charge in [0.2, 0.25) is 0 Å². The molecule has 0 aliphatic rings. The van der Waals surface area contributed by atoms with E-state index in [-0.39, 0.29) is 29.7 Å². The van der Waals surface area contributed by atoms with Gasteiger partial charge in [-0.05, 0) is 12.0 Å². The van der Waals surface area contributed by atoms with Crippen LogP contribution in [0, 0.1) is 5.92 Å². The second kappa shape index (κ2) is 22.6. The van der Waals surface area contributed by atoms with Crippen LogP contribution < -0.4 is 0 Å². The molecule has 1 unspecified atom stereocenters. The van der Waals surface area contributed by atoms with Gasteiger partial charge in [0.05, 0.1) is 0 Å². The second-order valence-corrected chi connectivity index (χ2v) is 3.57. The van der Waals surface area contributed by atoms with Crippen LogP contribution in [0.3, 0.4) is 0 Å². The molecule has 0 N–H and O–H groups in total. The lowest BCUT2D eigenvalue weighted by molar-refractivity contribution is 0.671. The Morgan fingerprint density at radius 1 is 0.900 bits per heavy atom. The van der Waals surface area contributed by atoms with Gasteiger partial charge in [-0.1, -0.05) is 111 Å². The topological polar surface area (TPSA) is 0 Å². The maximum absolute atomic E-state index is 4.08. The summed E-state index contributed by atoms with van der Waals surface area (Å²) in [6, 6.07) is 0. The van der Waals surface area contributed by atoms with E-state index in [2.05, 4.69) is 38.8 Å². The Morgan fingerprint density at radius 3 is 1.90 bits per heavy atom. The highest BCUT2D eigenvalue weighted by Crippen LogP contribution is 2.18. The molecule has 0 aromatic rings. The molecule has 0 rings (SSSR count). The minimum absolute atomic E-state index is 0. The van der Waals surface area contributed by atoms with Crippen LogP contribution in [-0.2, 0) is 0 Å². The Hall–Kier alpha value is -1.56. The summed E-state index contributed by atoms with van der Waals surface area (Å²) in [5.41, 5.74) is 1.13. The van der Waals surface area contributed by atoms with Crippen molar-refractivity contribution in [2.75, 3.05) is 0 Å². The monoisotopic (exact) mass is 278 g/mol. The van der Waals surface area contributed by atoms with Crippen LogP contribution in [0.15, 0.2) is 73.9 Å². The summed E-state index contributed by atoms with van der Waals surface area (Å²) in [6.45, 7) is 13.6. The molecule has 0 fully saturated rings. The zero-order chi connectivity index (χ0) is 12.2. The lowest BCUT2D eigenvalue weighted by Gasteiger charge is -2.11. The highest BCUT2D eigenvalue weighted by Gasteiger charge is 2.04. The molecule has 0 aliphatic heterocycles. The first-order chi connectivity index (χ1) is 7.76. The SMILES string of the molecule is C.C.C.C.C=C/C=C\C=C\C(CCC)C(=C)/C=C\C=C. The maximum Gasteiger partial charge on any atom is 0.00151 e. The van der Waals surface area contributed by atoms with E-state index in [1.54, 1.807) is 12.2 Å². The smallest absolute Gasteiger partial charge is 0.00151 e. The first kappa shape index (κ1) is 31.0. The van der Waals surface area contributed by atoms with E-state index in [0.29, 0.717) is 5.92 Å².